The van der Waals surface area contributed by atoms with E-state index in [1.807, 2.05) is 0 Å². The molecule has 0 saturated carbocycles. The Balaban J connectivity index is 3.19. The van der Waals surface area contributed by atoms with Crippen molar-refractivity contribution in [1.82, 2.24) is 0 Å². The SMILES string of the molecule is CC(C)c1cc(C(=O)C(=O)O)ccc1F. The highest BCUT2D eigenvalue weighted by Crippen LogP contribution is 2.20. The van der Waals surface area contributed by atoms with E-state index in [9.17, 15) is 14.0 Å². The van der Waals surface area contributed by atoms with Gasteiger partial charge >= 0.3 is 5.97 Å². The number of hydrogen-bond acceptors (Lipinski definition) is 2. The average molecular weight is 210 g/mol. The molecule has 0 atom stereocenters. The minimum Gasteiger partial charge on any atom is -0.475 e. The molecule has 15 heavy (non-hydrogen) atoms. The lowest BCUT2D eigenvalue weighted by molar-refractivity contribution is -0.131. The van der Waals surface area contributed by atoms with E-state index in [-0.39, 0.29) is 11.5 Å². The van der Waals surface area contributed by atoms with Crippen LogP contribution in [0.2, 0.25) is 0 Å². The first kappa shape index (κ1) is 11.4. The summed E-state index contributed by atoms with van der Waals surface area (Å²) in [5.74, 6) is -3.06. The van der Waals surface area contributed by atoms with Crippen molar-refractivity contribution in [2.75, 3.05) is 0 Å². The highest BCUT2D eigenvalue weighted by atomic mass is 19.1. The highest BCUT2D eigenvalue weighted by Gasteiger charge is 2.17. The zero-order chi connectivity index (χ0) is 11.6. The van der Waals surface area contributed by atoms with Gasteiger partial charge in [0.2, 0.25) is 0 Å². The minimum atomic E-state index is -1.53. The predicted octanol–water partition coefficient (Wildman–Crippen LogP) is 2.22. The summed E-state index contributed by atoms with van der Waals surface area (Å²) in [5, 5.41) is 8.49. The number of carbonyl (C=O) groups excluding carboxylic acids is 1. The molecule has 0 heterocycles. The molecule has 0 radical (unpaired) electrons. The number of carboxylic acids is 1. The molecule has 0 aliphatic carbocycles. The molecule has 3 nitrogen and oxygen atoms in total. The van der Waals surface area contributed by atoms with E-state index in [1.165, 1.54) is 12.1 Å². The van der Waals surface area contributed by atoms with E-state index in [2.05, 4.69) is 0 Å². The third-order valence-corrected chi connectivity index (χ3v) is 2.07. The molecule has 0 aliphatic heterocycles. The van der Waals surface area contributed by atoms with Crippen LogP contribution in [0.3, 0.4) is 0 Å². The number of ketones is 1. The summed E-state index contributed by atoms with van der Waals surface area (Å²) in [7, 11) is 0. The number of rotatable bonds is 3. The van der Waals surface area contributed by atoms with Crippen LogP contribution in [-0.2, 0) is 4.79 Å². The van der Waals surface area contributed by atoms with Crippen LogP contribution < -0.4 is 0 Å². The summed E-state index contributed by atoms with van der Waals surface area (Å²) in [4.78, 5) is 21.5. The Morgan fingerprint density at radius 3 is 2.40 bits per heavy atom. The Kier molecular flexibility index (Phi) is 3.19. The van der Waals surface area contributed by atoms with Gasteiger partial charge in [0.25, 0.3) is 5.78 Å². The predicted molar refractivity (Wildman–Crippen MR) is 52.5 cm³/mol. The Morgan fingerprint density at radius 2 is 1.93 bits per heavy atom. The van der Waals surface area contributed by atoms with Gasteiger partial charge in [-0.25, -0.2) is 9.18 Å². The lowest BCUT2D eigenvalue weighted by Gasteiger charge is -2.07. The Bertz CT molecular complexity index is 410. The van der Waals surface area contributed by atoms with Gasteiger partial charge in [-0.15, -0.1) is 0 Å². The standard InChI is InChI=1S/C11H11FO3/c1-6(2)8-5-7(3-4-9(8)12)10(13)11(14)15/h3-6H,1-2H3,(H,14,15). The molecule has 0 fully saturated rings. The molecule has 0 aromatic heterocycles. The van der Waals surface area contributed by atoms with Gasteiger partial charge in [0.15, 0.2) is 0 Å². The van der Waals surface area contributed by atoms with Crippen molar-refractivity contribution < 1.29 is 19.1 Å². The molecule has 1 aromatic carbocycles. The van der Waals surface area contributed by atoms with E-state index in [0.29, 0.717) is 5.56 Å². The van der Waals surface area contributed by atoms with Crippen molar-refractivity contribution in [3.8, 4) is 0 Å². The Hall–Kier alpha value is -1.71. The van der Waals surface area contributed by atoms with Crippen molar-refractivity contribution in [3.05, 3.63) is 35.1 Å². The molecule has 0 amide bonds. The van der Waals surface area contributed by atoms with Crippen molar-refractivity contribution in [3.63, 3.8) is 0 Å². The second kappa shape index (κ2) is 4.21. The summed E-state index contributed by atoms with van der Waals surface area (Å²) < 4.78 is 13.2. The number of Topliss-reactive ketones (excluding diaryl/α,β-unsaturated/α-hetero) is 1. The number of aliphatic carboxylic acids is 1. The van der Waals surface area contributed by atoms with E-state index < -0.39 is 17.6 Å². The van der Waals surface area contributed by atoms with Crippen molar-refractivity contribution in [2.45, 2.75) is 19.8 Å². The summed E-state index contributed by atoms with van der Waals surface area (Å²) >= 11 is 0. The lowest BCUT2D eigenvalue weighted by Crippen LogP contribution is -2.13. The fourth-order valence-electron chi connectivity index (χ4n) is 1.25. The van der Waals surface area contributed by atoms with E-state index in [1.54, 1.807) is 13.8 Å². The van der Waals surface area contributed by atoms with E-state index in [4.69, 9.17) is 5.11 Å². The second-order valence-electron chi connectivity index (χ2n) is 3.53. The fraction of sp³-hybridized carbons (Fsp3) is 0.273. The first-order valence-corrected chi connectivity index (χ1v) is 4.50. The highest BCUT2D eigenvalue weighted by molar-refractivity contribution is 6.39. The first-order chi connectivity index (χ1) is 6.93. The van der Waals surface area contributed by atoms with Crippen LogP contribution in [0.25, 0.3) is 0 Å². The van der Waals surface area contributed by atoms with E-state index >= 15 is 0 Å². The van der Waals surface area contributed by atoms with E-state index in [0.717, 1.165) is 6.07 Å². The Morgan fingerprint density at radius 1 is 1.33 bits per heavy atom. The number of benzene rings is 1. The smallest absolute Gasteiger partial charge is 0.377 e. The molecule has 80 valence electrons. The third kappa shape index (κ3) is 2.40. The summed E-state index contributed by atoms with van der Waals surface area (Å²) in [5.41, 5.74) is 0.356. The molecule has 0 unspecified atom stereocenters. The van der Waals surface area contributed by atoms with Gasteiger partial charge in [0.1, 0.15) is 5.82 Å². The number of carboxylic acid groups (broad SMARTS) is 1. The summed E-state index contributed by atoms with van der Waals surface area (Å²) in [6.07, 6.45) is 0. The first-order valence-electron chi connectivity index (χ1n) is 4.50. The largest absolute Gasteiger partial charge is 0.475 e. The summed E-state index contributed by atoms with van der Waals surface area (Å²) in [6.45, 7) is 3.54. The van der Waals surface area contributed by atoms with Gasteiger partial charge < -0.3 is 5.11 Å². The fourth-order valence-corrected chi connectivity index (χ4v) is 1.25. The van der Waals surface area contributed by atoms with Crippen LogP contribution in [0.1, 0.15) is 35.7 Å². The molecule has 4 heteroatoms. The zero-order valence-corrected chi connectivity index (χ0v) is 8.45. The molecule has 1 rings (SSSR count). The monoisotopic (exact) mass is 210 g/mol. The molecular formula is C11H11FO3. The zero-order valence-electron chi connectivity index (χ0n) is 8.45. The normalized spacial score (nSPS) is 10.4. The van der Waals surface area contributed by atoms with Crippen LogP contribution in [0.4, 0.5) is 4.39 Å². The van der Waals surface area contributed by atoms with Crippen LogP contribution in [-0.4, -0.2) is 16.9 Å². The average Bonchev–Trinajstić information content (AvgIpc) is 2.16. The minimum absolute atomic E-state index is 0.00704. The van der Waals surface area contributed by atoms with Gasteiger partial charge in [0, 0.05) is 5.56 Å². The maximum absolute atomic E-state index is 13.2. The number of halogens is 1. The van der Waals surface area contributed by atoms with Crippen LogP contribution in [0, 0.1) is 5.82 Å². The molecule has 1 N–H and O–H groups in total. The molecule has 1 aromatic rings. The van der Waals surface area contributed by atoms with Gasteiger partial charge in [-0.1, -0.05) is 13.8 Å². The molecule has 0 bridgehead atoms. The van der Waals surface area contributed by atoms with Gasteiger partial charge in [-0.05, 0) is 29.7 Å². The molecule has 0 saturated heterocycles. The van der Waals surface area contributed by atoms with Crippen LogP contribution in [0.5, 0.6) is 0 Å². The van der Waals surface area contributed by atoms with Crippen molar-refractivity contribution in [2.24, 2.45) is 0 Å². The van der Waals surface area contributed by atoms with Gasteiger partial charge in [-0.3, -0.25) is 4.79 Å². The van der Waals surface area contributed by atoms with Crippen LogP contribution in [0.15, 0.2) is 18.2 Å². The number of hydrogen-bond donors (Lipinski definition) is 1. The summed E-state index contributed by atoms with van der Waals surface area (Å²) in [6, 6.07) is 3.58. The quantitative estimate of drug-likeness (QED) is 0.614. The number of carbonyl (C=O) groups is 2. The van der Waals surface area contributed by atoms with Crippen molar-refractivity contribution >= 4 is 11.8 Å². The second-order valence-corrected chi connectivity index (χ2v) is 3.53. The van der Waals surface area contributed by atoms with Crippen LogP contribution >= 0.6 is 0 Å². The molecule has 0 spiro atoms. The van der Waals surface area contributed by atoms with Crippen molar-refractivity contribution in [1.29, 1.82) is 0 Å². The van der Waals surface area contributed by atoms with Gasteiger partial charge in [0.05, 0.1) is 0 Å². The maximum atomic E-state index is 13.2. The molecular weight excluding hydrogens is 199 g/mol. The Labute approximate surface area is 86.5 Å². The maximum Gasteiger partial charge on any atom is 0.377 e. The topological polar surface area (TPSA) is 54.4 Å². The molecule has 0 aliphatic rings. The third-order valence-electron chi connectivity index (χ3n) is 2.07. The van der Waals surface area contributed by atoms with Gasteiger partial charge in [-0.2, -0.15) is 0 Å². The lowest BCUT2D eigenvalue weighted by atomic mass is 9.98.